The van der Waals surface area contributed by atoms with E-state index in [4.69, 9.17) is 14.2 Å². The number of carbonyl (C=O) groups excluding carboxylic acids is 4. The lowest BCUT2D eigenvalue weighted by Crippen LogP contribution is -2.21. The van der Waals surface area contributed by atoms with Crippen molar-refractivity contribution in [2.45, 2.75) is 6.61 Å². The zero-order valence-electron chi connectivity index (χ0n) is 23.9. The first-order valence-electron chi connectivity index (χ1n) is 13.7. The second kappa shape index (κ2) is 13.4. The molecule has 0 spiro atoms. The normalized spacial score (nSPS) is 10.5. The molecule has 0 bridgehead atoms. The maximum Gasteiger partial charge on any atom is 0.343 e. The Morgan fingerprint density at radius 1 is 0.556 bits per heavy atom. The summed E-state index contributed by atoms with van der Waals surface area (Å²) in [5.74, 6) is -6.52. The summed E-state index contributed by atoms with van der Waals surface area (Å²) in [4.78, 5) is 55.2. The second-order valence-electron chi connectivity index (χ2n) is 9.72. The fraction of sp³-hybridized carbons (Fsp3) is 0.0556. The third-order valence-corrected chi connectivity index (χ3v) is 6.87. The molecule has 5 aromatic rings. The van der Waals surface area contributed by atoms with Gasteiger partial charge in [-0.1, -0.05) is 78.9 Å². The molecular formula is C36H26O9. The predicted molar refractivity (Wildman–Crippen MR) is 163 cm³/mol. The SMILES string of the molecule is COc1ccc(C(=O)c2c(OC(=O)c3ccccc3)c(O)c(O)c(C(=O)c3ccccc3)c2C(=O)OCc2ccccc2)cc1. The van der Waals surface area contributed by atoms with Crippen LogP contribution in [-0.2, 0) is 11.3 Å². The van der Waals surface area contributed by atoms with Crippen molar-refractivity contribution in [3.63, 3.8) is 0 Å². The van der Waals surface area contributed by atoms with E-state index in [0.29, 0.717) is 11.3 Å². The minimum absolute atomic E-state index is 0.00637. The van der Waals surface area contributed by atoms with Gasteiger partial charge in [-0.2, -0.15) is 0 Å². The number of ether oxygens (including phenoxy) is 3. The van der Waals surface area contributed by atoms with Gasteiger partial charge in [0.15, 0.2) is 23.1 Å². The minimum Gasteiger partial charge on any atom is -0.504 e. The molecule has 0 amide bonds. The van der Waals surface area contributed by atoms with Crippen molar-refractivity contribution in [2.75, 3.05) is 7.11 Å². The Bertz CT molecular complexity index is 1870. The fourth-order valence-electron chi connectivity index (χ4n) is 4.58. The van der Waals surface area contributed by atoms with Crippen molar-refractivity contribution in [1.29, 1.82) is 0 Å². The molecule has 0 aliphatic rings. The third-order valence-electron chi connectivity index (χ3n) is 6.87. The van der Waals surface area contributed by atoms with Gasteiger partial charge in [-0.25, -0.2) is 9.59 Å². The molecule has 9 heteroatoms. The Kier molecular flexibility index (Phi) is 9.00. The molecule has 0 radical (unpaired) electrons. The third kappa shape index (κ3) is 6.42. The van der Waals surface area contributed by atoms with Gasteiger partial charge in [0.25, 0.3) is 0 Å². The Morgan fingerprint density at radius 2 is 1.07 bits per heavy atom. The molecule has 0 aliphatic carbocycles. The first kappa shape index (κ1) is 30.2. The van der Waals surface area contributed by atoms with Crippen LogP contribution >= 0.6 is 0 Å². The first-order chi connectivity index (χ1) is 21.8. The summed E-state index contributed by atoms with van der Waals surface area (Å²) in [5, 5.41) is 22.5. The Balaban J connectivity index is 1.76. The minimum atomic E-state index is -1.18. The lowest BCUT2D eigenvalue weighted by molar-refractivity contribution is 0.0464. The second-order valence-corrected chi connectivity index (χ2v) is 9.72. The summed E-state index contributed by atoms with van der Waals surface area (Å²) >= 11 is 0. The predicted octanol–water partition coefficient (Wildman–Crippen LogP) is 6.14. The van der Waals surface area contributed by atoms with Gasteiger partial charge in [-0.3, -0.25) is 9.59 Å². The average molecular weight is 603 g/mol. The molecule has 0 fully saturated rings. The van der Waals surface area contributed by atoms with E-state index in [-0.39, 0.29) is 23.3 Å². The standard InChI is InChI=1S/C36H26O9/c1-43-26-19-17-24(18-20-26)31(38)29-27(36(42)44-21-22-11-5-2-6-12-22)28(30(37)23-13-7-3-8-14-23)32(39)33(40)34(29)45-35(41)25-15-9-4-10-16-25/h2-20,39-40H,21H2,1H3. The van der Waals surface area contributed by atoms with E-state index in [9.17, 15) is 29.4 Å². The van der Waals surface area contributed by atoms with Crippen LogP contribution in [0.3, 0.4) is 0 Å². The average Bonchev–Trinajstić information content (AvgIpc) is 3.09. The van der Waals surface area contributed by atoms with Crippen molar-refractivity contribution in [3.05, 3.63) is 154 Å². The van der Waals surface area contributed by atoms with Gasteiger partial charge >= 0.3 is 11.9 Å². The van der Waals surface area contributed by atoms with Gasteiger partial charge < -0.3 is 24.4 Å². The Labute approximate surface area is 257 Å². The number of carbonyl (C=O) groups is 4. The van der Waals surface area contributed by atoms with Gasteiger partial charge in [0, 0.05) is 11.1 Å². The number of hydrogen-bond acceptors (Lipinski definition) is 9. The molecule has 0 saturated carbocycles. The molecule has 0 atom stereocenters. The zero-order valence-corrected chi connectivity index (χ0v) is 23.9. The molecule has 0 saturated heterocycles. The summed E-state index contributed by atoms with van der Waals surface area (Å²) in [6.07, 6.45) is 0. The molecule has 0 heterocycles. The van der Waals surface area contributed by atoms with Crippen LogP contribution in [-0.4, -0.2) is 40.8 Å². The Hall–Kier alpha value is -6.22. The number of methoxy groups -OCH3 is 1. The van der Waals surface area contributed by atoms with Crippen LogP contribution in [0, 0.1) is 0 Å². The molecule has 5 rings (SSSR count). The van der Waals surface area contributed by atoms with E-state index in [0.717, 1.165) is 0 Å². The number of phenols is 2. The van der Waals surface area contributed by atoms with Crippen LogP contribution in [0.1, 0.15) is 58.1 Å². The van der Waals surface area contributed by atoms with Crippen molar-refractivity contribution >= 4 is 23.5 Å². The summed E-state index contributed by atoms with van der Waals surface area (Å²) < 4.78 is 16.2. The van der Waals surface area contributed by atoms with Crippen molar-refractivity contribution in [3.8, 4) is 23.0 Å². The van der Waals surface area contributed by atoms with Crippen LogP contribution < -0.4 is 9.47 Å². The fourth-order valence-corrected chi connectivity index (χ4v) is 4.58. The lowest BCUT2D eigenvalue weighted by Gasteiger charge is -2.20. The van der Waals surface area contributed by atoms with E-state index in [1.165, 1.54) is 55.6 Å². The van der Waals surface area contributed by atoms with Crippen molar-refractivity contribution in [2.24, 2.45) is 0 Å². The van der Waals surface area contributed by atoms with Gasteiger partial charge in [0.05, 0.1) is 29.4 Å². The summed E-state index contributed by atoms with van der Waals surface area (Å²) in [6.45, 7) is -0.254. The van der Waals surface area contributed by atoms with Crippen LogP contribution in [0.25, 0.3) is 0 Å². The Morgan fingerprint density at radius 3 is 1.64 bits per heavy atom. The number of hydrogen-bond donors (Lipinski definition) is 2. The van der Waals surface area contributed by atoms with E-state index in [1.807, 2.05) is 0 Å². The number of benzene rings is 5. The van der Waals surface area contributed by atoms with Crippen LogP contribution in [0.5, 0.6) is 23.0 Å². The largest absolute Gasteiger partial charge is 0.504 e. The van der Waals surface area contributed by atoms with Gasteiger partial charge in [0.1, 0.15) is 12.4 Å². The highest BCUT2D eigenvalue weighted by Gasteiger charge is 2.37. The molecule has 9 nitrogen and oxygen atoms in total. The number of rotatable bonds is 10. The van der Waals surface area contributed by atoms with Gasteiger partial charge in [-0.15, -0.1) is 0 Å². The summed E-state index contributed by atoms with van der Waals surface area (Å²) in [7, 11) is 1.44. The highest BCUT2D eigenvalue weighted by Crippen LogP contribution is 2.46. The zero-order chi connectivity index (χ0) is 31.9. The number of phenolic OH excluding ortho intramolecular Hbond substituents is 2. The molecule has 5 aromatic carbocycles. The lowest BCUT2D eigenvalue weighted by atomic mass is 9.88. The summed E-state index contributed by atoms with van der Waals surface area (Å²) in [5.41, 5.74) is -1.35. The highest BCUT2D eigenvalue weighted by atomic mass is 16.5. The van der Waals surface area contributed by atoms with Crippen LogP contribution in [0.15, 0.2) is 115 Å². The molecule has 0 unspecified atom stereocenters. The van der Waals surface area contributed by atoms with Gasteiger partial charge in [0.2, 0.25) is 5.75 Å². The van der Waals surface area contributed by atoms with Crippen LogP contribution in [0.2, 0.25) is 0 Å². The highest BCUT2D eigenvalue weighted by molar-refractivity contribution is 6.24. The van der Waals surface area contributed by atoms with Crippen molar-refractivity contribution < 1.29 is 43.6 Å². The molecule has 0 aromatic heterocycles. The van der Waals surface area contributed by atoms with Crippen LogP contribution in [0.4, 0.5) is 0 Å². The monoisotopic (exact) mass is 602 g/mol. The molecular weight excluding hydrogens is 576 g/mol. The molecule has 0 aliphatic heterocycles. The smallest absolute Gasteiger partial charge is 0.343 e. The quantitative estimate of drug-likeness (QED) is 0.0835. The van der Waals surface area contributed by atoms with E-state index < -0.39 is 57.4 Å². The maximum absolute atomic E-state index is 14.2. The van der Waals surface area contributed by atoms with E-state index in [1.54, 1.807) is 66.7 Å². The van der Waals surface area contributed by atoms with E-state index >= 15 is 0 Å². The number of esters is 2. The number of aromatic hydroxyl groups is 2. The maximum atomic E-state index is 14.2. The van der Waals surface area contributed by atoms with Gasteiger partial charge in [-0.05, 0) is 42.0 Å². The van der Waals surface area contributed by atoms with E-state index in [2.05, 4.69) is 0 Å². The molecule has 224 valence electrons. The molecule has 2 N–H and O–H groups in total. The number of ketones is 2. The first-order valence-corrected chi connectivity index (χ1v) is 13.7. The molecule has 45 heavy (non-hydrogen) atoms. The summed E-state index contributed by atoms with van der Waals surface area (Å²) in [6, 6.07) is 29.8. The van der Waals surface area contributed by atoms with Crippen molar-refractivity contribution in [1.82, 2.24) is 0 Å². The topological polar surface area (TPSA) is 136 Å².